The monoisotopic (exact) mass is 430 g/mol. The van der Waals surface area contributed by atoms with E-state index >= 15 is 0 Å². The van der Waals surface area contributed by atoms with Crippen molar-refractivity contribution in [3.8, 4) is 0 Å². The summed E-state index contributed by atoms with van der Waals surface area (Å²) in [7, 11) is 1.52. The molecule has 9 atom stereocenters. The summed E-state index contributed by atoms with van der Waals surface area (Å²) in [5.41, 5.74) is -0.122. The van der Waals surface area contributed by atoms with Crippen LogP contribution in [-0.4, -0.2) is 36.9 Å². The number of methoxy groups -OCH3 is 1. The Kier molecular flexibility index (Phi) is 4.56. The molecule has 0 aromatic rings. The quantitative estimate of drug-likeness (QED) is 0.365. The number of hydrogen-bond donors (Lipinski definition) is 0. The number of fused-ring (bicyclic) bond motifs is 3. The first-order valence-corrected chi connectivity index (χ1v) is 12.2. The second-order valence-electron chi connectivity index (χ2n) is 11.9. The van der Waals surface area contributed by atoms with Crippen LogP contribution in [-0.2, 0) is 23.8 Å². The van der Waals surface area contributed by atoms with E-state index in [2.05, 4.69) is 20.4 Å². The number of rotatable bonds is 3. The van der Waals surface area contributed by atoms with Crippen LogP contribution >= 0.6 is 0 Å². The van der Waals surface area contributed by atoms with Crippen LogP contribution in [0.25, 0.3) is 0 Å². The maximum absolute atomic E-state index is 13.0. The molecule has 0 amide bonds. The van der Waals surface area contributed by atoms with Crippen LogP contribution in [0.15, 0.2) is 12.2 Å². The smallest absolute Gasteiger partial charge is 0.341 e. The molecule has 4 aliphatic carbocycles. The van der Waals surface area contributed by atoms with E-state index in [-0.39, 0.29) is 35.0 Å². The van der Waals surface area contributed by atoms with Gasteiger partial charge in [-0.05, 0) is 94.5 Å². The van der Waals surface area contributed by atoms with Gasteiger partial charge in [0.1, 0.15) is 6.10 Å². The Balaban J connectivity index is 1.50. The second-order valence-corrected chi connectivity index (χ2v) is 11.9. The van der Waals surface area contributed by atoms with E-state index < -0.39 is 11.0 Å². The summed E-state index contributed by atoms with van der Waals surface area (Å²) in [6.45, 7) is 12.7. The predicted molar refractivity (Wildman–Crippen MR) is 116 cm³/mol. The molecule has 0 unspecified atom stereocenters. The van der Waals surface area contributed by atoms with Crippen molar-refractivity contribution >= 4 is 11.9 Å². The van der Waals surface area contributed by atoms with Gasteiger partial charge in [-0.15, -0.1) is 0 Å². The second kappa shape index (κ2) is 6.59. The average Bonchev–Trinajstić information content (AvgIpc) is 3.32. The molecule has 1 spiro atoms. The summed E-state index contributed by atoms with van der Waals surface area (Å²) in [6.07, 6.45) is 8.05. The first-order valence-electron chi connectivity index (χ1n) is 12.2. The summed E-state index contributed by atoms with van der Waals surface area (Å²) in [5, 5.41) is 0. The SMILES string of the molecule is C=C1[C@@H]2CC[C@H]3[C@]4(C)CCC[C@@](C)(C(=O)OC)[C@H]4CC[C@]3(C2)[C@H]1OC(=O)[C@@]1(C)O[C@H]1C. The summed E-state index contributed by atoms with van der Waals surface area (Å²) in [4.78, 5) is 25.9. The van der Waals surface area contributed by atoms with Gasteiger partial charge in [0.2, 0.25) is 0 Å². The van der Waals surface area contributed by atoms with E-state index in [0.29, 0.717) is 17.8 Å². The highest BCUT2D eigenvalue weighted by Gasteiger charge is 2.69. The molecule has 1 heterocycles. The summed E-state index contributed by atoms with van der Waals surface area (Å²) < 4.78 is 17.1. The van der Waals surface area contributed by atoms with Crippen LogP contribution in [0.4, 0.5) is 0 Å². The Morgan fingerprint density at radius 3 is 2.39 bits per heavy atom. The number of ether oxygens (including phenoxy) is 3. The van der Waals surface area contributed by atoms with Gasteiger partial charge in [-0.3, -0.25) is 4.79 Å². The van der Waals surface area contributed by atoms with Gasteiger partial charge < -0.3 is 14.2 Å². The third-order valence-corrected chi connectivity index (χ3v) is 10.6. The Hall–Kier alpha value is -1.36. The van der Waals surface area contributed by atoms with Gasteiger partial charge in [0, 0.05) is 5.41 Å². The first kappa shape index (κ1) is 21.5. The molecule has 0 aromatic carbocycles. The third kappa shape index (κ3) is 2.65. The van der Waals surface area contributed by atoms with Crippen LogP contribution in [0.5, 0.6) is 0 Å². The van der Waals surface area contributed by atoms with E-state index in [1.54, 1.807) is 0 Å². The standard InChI is InChI=1S/C26H38O5/c1-15-17-8-9-19-23(3)11-7-12-24(4,21(27)29-6)18(23)10-13-26(19,14-17)20(15)30-22(28)25(5)16(2)31-25/h16-20H,1,7-14H2,2-6H3/t16-,17+,18-,19-,20-,23+,24+,25-,26+/m0/s1. The normalized spacial score (nSPS) is 52.7. The van der Waals surface area contributed by atoms with Crippen molar-refractivity contribution in [2.75, 3.05) is 7.11 Å². The van der Waals surface area contributed by atoms with Gasteiger partial charge in [0.05, 0.1) is 18.6 Å². The third-order valence-electron chi connectivity index (χ3n) is 10.6. The Morgan fingerprint density at radius 2 is 1.74 bits per heavy atom. The summed E-state index contributed by atoms with van der Waals surface area (Å²) in [5.74, 6) is 0.890. The molecule has 0 N–H and O–H groups in total. The van der Waals surface area contributed by atoms with Crippen LogP contribution < -0.4 is 0 Å². The minimum atomic E-state index is -0.807. The molecule has 0 aromatic heterocycles. The molecule has 2 bridgehead atoms. The number of carbonyl (C=O) groups excluding carboxylic acids is 2. The van der Waals surface area contributed by atoms with Crippen molar-refractivity contribution in [2.45, 2.75) is 96.9 Å². The summed E-state index contributed by atoms with van der Waals surface area (Å²) in [6, 6.07) is 0. The lowest BCUT2D eigenvalue weighted by Crippen LogP contribution is -2.60. The molecule has 0 radical (unpaired) electrons. The molecular formula is C26H38O5. The van der Waals surface area contributed by atoms with Crippen molar-refractivity contribution in [3.05, 3.63) is 12.2 Å². The Labute approximate surface area is 186 Å². The van der Waals surface area contributed by atoms with Crippen LogP contribution in [0, 0.1) is 34.0 Å². The fraction of sp³-hybridized carbons (Fsp3) is 0.846. The molecule has 5 heteroatoms. The Bertz CT molecular complexity index is 836. The molecule has 31 heavy (non-hydrogen) atoms. The molecule has 1 saturated heterocycles. The minimum absolute atomic E-state index is 0.0486. The largest absolute Gasteiger partial charge is 0.469 e. The summed E-state index contributed by atoms with van der Waals surface area (Å²) >= 11 is 0. The van der Waals surface area contributed by atoms with Crippen molar-refractivity contribution < 1.29 is 23.8 Å². The zero-order valence-corrected chi connectivity index (χ0v) is 19.8. The highest BCUT2D eigenvalue weighted by molar-refractivity contribution is 5.83. The molecule has 5 rings (SSSR count). The molecule has 1 aliphatic heterocycles. The molecule has 5 fully saturated rings. The van der Waals surface area contributed by atoms with Crippen LogP contribution in [0.1, 0.15) is 79.1 Å². The zero-order valence-electron chi connectivity index (χ0n) is 19.8. The fourth-order valence-electron chi connectivity index (χ4n) is 8.77. The zero-order chi connectivity index (χ0) is 22.4. The topological polar surface area (TPSA) is 65.1 Å². The highest BCUT2D eigenvalue weighted by Crippen LogP contribution is 2.72. The van der Waals surface area contributed by atoms with Crippen molar-refractivity contribution in [2.24, 2.45) is 34.0 Å². The lowest BCUT2D eigenvalue weighted by Gasteiger charge is -2.64. The number of esters is 2. The van der Waals surface area contributed by atoms with Gasteiger partial charge in [-0.2, -0.15) is 0 Å². The molecule has 5 nitrogen and oxygen atoms in total. The maximum Gasteiger partial charge on any atom is 0.341 e. The molecule has 5 aliphatic rings. The van der Waals surface area contributed by atoms with Gasteiger partial charge in [-0.1, -0.05) is 19.9 Å². The van der Waals surface area contributed by atoms with E-state index in [1.165, 1.54) is 7.11 Å². The van der Waals surface area contributed by atoms with Crippen LogP contribution in [0.3, 0.4) is 0 Å². The van der Waals surface area contributed by atoms with Crippen LogP contribution in [0.2, 0.25) is 0 Å². The van der Waals surface area contributed by atoms with E-state index in [9.17, 15) is 9.59 Å². The fourth-order valence-corrected chi connectivity index (χ4v) is 8.77. The highest BCUT2D eigenvalue weighted by atomic mass is 16.7. The molecular weight excluding hydrogens is 392 g/mol. The van der Waals surface area contributed by atoms with E-state index in [4.69, 9.17) is 14.2 Å². The van der Waals surface area contributed by atoms with Crippen molar-refractivity contribution in [1.29, 1.82) is 0 Å². The average molecular weight is 431 g/mol. The minimum Gasteiger partial charge on any atom is -0.469 e. The predicted octanol–water partition coefficient (Wildman–Crippen LogP) is 4.83. The maximum atomic E-state index is 13.0. The van der Waals surface area contributed by atoms with Gasteiger partial charge in [0.15, 0.2) is 5.60 Å². The molecule has 172 valence electrons. The van der Waals surface area contributed by atoms with Gasteiger partial charge >= 0.3 is 11.9 Å². The first-order chi connectivity index (χ1) is 14.5. The number of carbonyl (C=O) groups is 2. The van der Waals surface area contributed by atoms with E-state index in [1.807, 2.05) is 13.8 Å². The van der Waals surface area contributed by atoms with Gasteiger partial charge in [0.25, 0.3) is 0 Å². The van der Waals surface area contributed by atoms with Crippen molar-refractivity contribution in [1.82, 2.24) is 0 Å². The van der Waals surface area contributed by atoms with Crippen molar-refractivity contribution in [3.63, 3.8) is 0 Å². The van der Waals surface area contributed by atoms with E-state index in [0.717, 1.165) is 56.9 Å². The number of hydrogen-bond acceptors (Lipinski definition) is 5. The molecule has 4 saturated carbocycles. The lowest BCUT2D eigenvalue weighted by molar-refractivity contribution is -0.199. The van der Waals surface area contributed by atoms with Gasteiger partial charge in [-0.25, -0.2) is 4.79 Å². The number of epoxide rings is 1. The Morgan fingerprint density at radius 1 is 1.03 bits per heavy atom. The lowest BCUT2D eigenvalue weighted by atomic mass is 9.40.